The van der Waals surface area contributed by atoms with Crippen LogP contribution in [0.3, 0.4) is 0 Å². The molecule has 6 heterocycles. The lowest BCUT2D eigenvalue weighted by atomic mass is 9.30. The number of hydrogen-bond acceptors (Lipinski definition) is 4. The first kappa shape index (κ1) is 50.5. The van der Waals surface area contributed by atoms with Crippen molar-refractivity contribution in [3.8, 4) is 22.9 Å². The fraction of sp³-hybridized carbons (Fsp3) is 0.0270. The van der Waals surface area contributed by atoms with Crippen molar-refractivity contribution < 1.29 is 31.1 Å². The molecule has 2 aromatic heterocycles. The highest BCUT2D eigenvalue weighted by Crippen LogP contribution is 2.50. The predicted octanol–water partition coefficient (Wildman–Crippen LogP) is 15.8. The van der Waals surface area contributed by atoms with Crippen LogP contribution in [0.5, 0.6) is 11.5 Å². The van der Waals surface area contributed by atoms with Gasteiger partial charge in [-0.05, 0) is 124 Å². The van der Waals surface area contributed by atoms with Crippen LogP contribution in [-0.4, -0.2) is 22.6 Å². The second-order valence-corrected chi connectivity index (χ2v) is 23.3. The smallest absolute Gasteiger partial charge is 0.256 e. The normalized spacial score (nSPS) is 13.4. The van der Waals surface area contributed by atoms with E-state index in [-0.39, 0.29) is 0 Å². The molecular weight excluding hydrogens is 1110 g/mol. The Labute approximate surface area is 500 Å². The Bertz CT molecular complexity index is 5390. The predicted molar refractivity (Wildman–Crippen MR) is 344 cm³/mol. The molecule has 4 aliphatic rings. The first-order chi connectivity index (χ1) is 42.9. The molecule has 12 aromatic carbocycles. The molecule has 0 radical (unpaired) electrons. The van der Waals surface area contributed by atoms with E-state index < -0.39 is 59.7 Å². The van der Waals surface area contributed by atoms with Gasteiger partial charge in [-0.3, -0.25) is 0 Å². The molecule has 0 atom stereocenters. The van der Waals surface area contributed by atoms with Crippen LogP contribution >= 0.6 is 0 Å². The molecule has 0 N–H and O–H groups in total. The van der Waals surface area contributed by atoms with Crippen molar-refractivity contribution in [3.63, 3.8) is 0 Å². The Balaban J connectivity index is 0.948. The molecule has 0 unspecified atom stereocenters. The van der Waals surface area contributed by atoms with Gasteiger partial charge < -0.3 is 28.6 Å². The average Bonchev–Trinajstić information content (AvgIpc) is 0.777. The number of anilines is 9. The fourth-order valence-corrected chi connectivity index (χ4v) is 14.9. The van der Waals surface area contributed by atoms with Gasteiger partial charge in [0.15, 0.2) is 23.3 Å². The van der Waals surface area contributed by atoms with Crippen LogP contribution in [0.25, 0.3) is 55.0 Å². The van der Waals surface area contributed by atoms with Gasteiger partial charge in [0.2, 0.25) is 0 Å². The summed E-state index contributed by atoms with van der Waals surface area (Å²) in [5.74, 6) is -5.43. The molecule has 6 nitrogen and oxygen atoms in total. The minimum absolute atomic E-state index is 0.427. The molecule has 418 valence electrons. The molecule has 14 heteroatoms. The summed E-state index contributed by atoms with van der Waals surface area (Å²) in [6.45, 7) is 2.88. The number of rotatable bonds is 5. The summed E-state index contributed by atoms with van der Waals surface area (Å²) in [6, 6.07) is 69.2. The van der Waals surface area contributed by atoms with Crippen LogP contribution in [0.4, 0.5) is 77.5 Å². The minimum Gasteiger partial charge on any atom is -0.458 e. The molecule has 0 saturated heterocycles. The molecule has 0 aliphatic carbocycles. The van der Waals surface area contributed by atoms with Crippen molar-refractivity contribution >= 4 is 141 Å². The summed E-state index contributed by atoms with van der Waals surface area (Å²) in [7, 11) is 0. The van der Waals surface area contributed by atoms with E-state index in [1.165, 1.54) is 0 Å². The Kier molecular flexibility index (Phi) is 10.5. The molecule has 88 heavy (non-hydrogen) atoms. The standard InChI is InChI=1S/C74H43B2F6N5O/c1-40-24-26-49-47-16-6-10-20-59(47)84(63(49)28-40)45-34-66-71-67(35-45)86(73-55(79)30-42(77)31-56(73)80)61-22-12-8-18-51(61)75(71)53-38-54-69(39-65(53)83(66)44-14-4-3-5-15-44)88-70-37-46(85-60-21-11-7-17-48(60)50-27-25-41(2)29-64(50)85)36-68-72(70)76(54)52-19-9-13-23-62(52)87(68)74-57(81)32-43(78)33-58(74)82/h3-39H,1-2H3. The Morgan fingerprint density at radius 1 is 0.307 bits per heavy atom. The SMILES string of the molecule is Cc1ccc2c3ccccc3n(-c3cc4c5c(c3)N(c3c(F)cc(F)cc3F)c3ccccc3B5c3cc5c(cc3O4)N(c3ccccc3)c3cc(-n4c6ccccc6c6ccc(C)cc64)cc4c3B5c3ccccc3N4c3c(F)cc(F)cc3F)c2c1. The van der Waals surface area contributed by atoms with Crippen molar-refractivity contribution in [1.82, 2.24) is 9.13 Å². The van der Waals surface area contributed by atoms with Gasteiger partial charge in [0, 0.05) is 97.8 Å². The highest BCUT2D eigenvalue weighted by Gasteiger charge is 2.49. The van der Waals surface area contributed by atoms with Gasteiger partial charge in [-0.15, -0.1) is 0 Å². The number of nitrogens with zero attached hydrogens (tertiary/aromatic N) is 5. The van der Waals surface area contributed by atoms with Crippen LogP contribution < -0.4 is 52.2 Å². The van der Waals surface area contributed by atoms with Crippen molar-refractivity contribution in [1.29, 1.82) is 0 Å². The largest absolute Gasteiger partial charge is 0.458 e. The number of para-hydroxylation sites is 5. The third kappa shape index (κ3) is 6.99. The first-order valence-corrected chi connectivity index (χ1v) is 29.1. The number of benzene rings is 12. The Morgan fingerprint density at radius 3 is 1.30 bits per heavy atom. The highest BCUT2D eigenvalue weighted by molar-refractivity contribution is 7.02. The van der Waals surface area contributed by atoms with Gasteiger partial charge in [0.1, 0.15) is 34.5 Å². The lowest BCUT2D eigenvalue weighted by Crippen LogP contribution is -2.64. The summed E-state index contributed by atoms with van der Waals surface area (Å²) in [4.78, 5) is 5.35. The molecule has 0 amide bonds. The second-order valence-electron chi connectivity index (χ2n) is 23.3. The topological polar surface area (TPSA) is 28.8 Å². The zero-order valence-electron chi connectivity index (χ0n) is 46.9. The molecular formula is C74H43B2F6N5O. The first-order valence-electron chi connectivity index (χ1n) is 29.1. The number of aromatic nitrogens is 2. The lowest BCUT2D eigenvalue weighted by Gasteiger charge is -2.45. The van der Waals surface area contributed by atoms with Crippen molar-refractivity contribution in [2.45, 2.75) is 13.8 Å². The third-order valence-electron chi connectivity index (χ3n) is 18.3. The molecule has 4 aliphatic heterocycles. The van der Waals surface area contributed by atoms with Crippen LogP contribution in [0.1, 0.15) is 11.1 Å². The molecule has 0 spiro atoms. The minimum atomic E-state index is -1.08. The highest BCUT2D eigenvalue weighted by atomic mass is 19.2. The number of fused-ring (bicyclic) bond motifs is 14. The maximum Gasteiger partial charge on any atom is 0.256 e. The van der Waals surface area contributed by atoms with Crippen LogP contribution in [0.15, 0.2) is 224 Å². The number of hydrogen-bond donors (Lipinski definition) is 0. The third-order valence-corrected chi connectivity index (χ3v) is 18.3. The van der Waals surface area contributed by atoms with Crippen LogP contribution in [0.2, 0.25) is 0 Å². The summed E-state index contributed by atoms with van der Waals surface area (Å²) >= 11 is 0. The van der Waals surface area contributed by atoms with Crippen LogP contribution in [0, 0.1) is 48.8 Å². The fourth-order valence-electron chi connectivity index (χ4n) is 14.9. The van der Waals surface area contributed by atoms with Crippen molar-refractivity contribution in [2.75, 3.05) is 14.7 Å². The van der Waals surface area contributed by atoms with Crippen molar-refractivity contribution in [2.24, 2.45) is 0 Å². The van der Waals surface area contributed by atoms with Gasteiger partial charge >= 0.3 is 0 Å². The van der Waals surface area contributed by atoms with Crippen LogP contribution in [-0.2, 0) is 0 Å². The molecule has 18 rings (SSSR count). The van der Waals surface area contributed by atoms with Gasteiger partial charge in [-0.25, -0.2) is 26.3 Å². The summed E-state index contributed by atoms with van der Waals surface area (Å²) in [5, 5.41) is 4.08. The van der Waals surface area contributed by atoms with Gasteiger partial charge in [0.25, 0.3) is 13.4 Å². The molecule has 0 fully saturated rings. The summed E-state index contributed by atoms with van der Waals surface area (Å²) in [6.07, 6.45) is 0. The maximum absolute atomic E-state index is 17.0. The average molecular weight is 1150 g/mol. The Morgan fingerprint density at radius 2 is 0.750 bits per heavy atom. The molecule has 14 aromatic rings. The second kappa shape index (κ2) is 18.3. The molecule has 0 saturated carbocycles. The summed E-state index contributed by atoms with van der Waals surface area (Å²) in [5.41, 5.74) is 14.8. The number of ether oxygens (including phenoxy) is 1. The number of halogens is 6. The van der Waals surface area contributed by atoms with E-state index in [1.54, 1.807) is 9.80 Å². The van der Waals surface area contributed by atoms with E-state index in [4.69, 9.17) is 4.74 Å². The lowest BCUT2D eigenvalue weighted by molar-refractivity contribution is 0.487. The monoisotopic (exact) mass is 1150 g/mol. The quantitative estimate of drug-likeness (QED) is 0.127. The van der Waals surface area contributed by atoms with Gasteiger partial charge in [0.05, 0.1) is 33.4 Å². The molecule has 0 bridgehead atoms. The summed E-state index contributed by atoms with van der Waals surface area (Å²) < 4.78 is 110. The van der Waals surface area contributed by atoms with E-state index in [2.05, 4.69) is 99.8 Å². The zero-order chi connectivity index (χ0) is 59.1. The van der Waals surface area contributed by atoms with Crippen molar-refractivity contribution in [3.05, 3.63) is 270 Å². The van der Waals surface area contributed by atoms with E-state index in [0.29, 0.717) is 68.7 Å². The maximum atomic E-state index is 17.0. The van der Waals surface area contributed by atoms with Gasteiger partial charge in [-0.1, -0.05) is 121 Å². The van der Waals surface area contributed by atoms with E-state index >= 15 is 26.3 Å². The number of aryl methyl sites for hydroxylation is 2. The van der Waals surface area contributed by atoms with E-state index in [0.717, 1.165) is 106 Å². The zero-order valence-corrected chi connectivity index (χ0v) is 46.9. The van der Waals surface area contributed by atoms with Gasteiger partial charge in [-0.2, -0.15) is 0 Å². The van der Waals surface area contributed by atoms with E-state index in [9.17, 15) is 0 Å². The Hall–Kier alpha value is -10.9. The van der Waals surface area contributed by atoms with E-state index in [1.807, 2.05) is 128 Å².